The molecular formula is C12H14N2. The normalized spacial score (nSPS) is 16.7. The van der Waals surface area contributed by atoms with E-state index in [-0.39, 0.29) is 0 Å². The first-order valence-electron chi connectivity index (χ1n) is 5.26. The van der Waals surface area contributed by atoms with Crippen LogP contribution in [0.15, 0.2) is 30.5 Å². The van der Waals surface area contributed by atoms with Gasteiger partial charge in [0, 0.05) is 35.9 Å². The smallest absolute Gasteiger partial charge is 0.0474 e. The second kappa shape index (κ2) is 3.05. The van der Waals surface area contributed by atoms with Crippen LogP contribution in [0.25, 0.3) is 10.9 Å². The first-order valence-corrected chi connectivity index (χ1v) is 5.26. The van der Waals surface area contributed by atoms with Gasteiger partial charge in [0.05, 0.1) is 0 Å². The lowest BCUT2D eigenvalue weighted by molar-refractivity contribution is 0.949. The van der Waals surface area contributed by atoms with Crippen molar-refractivity contribution in [1.82, 2.24) is 4.98 Å². The third-order valence-electron chi connectivity index (χ3n) is 3.02. The molecule has 72 valence electrons. The van der Waals surface area contributed by atoms with E-state index in [0.717, 1.165) is 0 Å². The molecule has 3 rings (SSSR count). The number of nitrogens with one attached hydrogen (secondary N) is 1. The molecule has 1 aromatic heterocycles. The first-order chi connectivity index (χ1) is 6.95. The fourth-order valence-corrected chi connectivity index (χ4v) is 2.30. The quantitative estimate of drug-likeness (QED) is 0.725. The van der Waals surface area contributed by atoms with E-state index >= 15 is 0 Å². The number of rotatable bonds is 1. The molecule has 1 fully saturated rings. The Labute approximate surface area is 83.5 Å². The zero-order valence-electron chi connectivity index (χ0n) is 8.16. The molecule has 0 spiro atoms. The highest BCUT2D eigenvalue weighted by atomic mass is 15.1. The molecule has 0 amide bonds. The number of hydrogen-bond acceptors (Lipinski definition) is 1. The largest absolute Gasteiger partial charge is 0.371 e. The molecule has 0 saturated carbocycles. The Hall–Kier alpha value is -1.44. The number of benzene rings is 1. The first kappa shape index (κ1) is 7.92. The van der Waals surface area contributed by atoms with Crippen molar-refractivity contribution in [3.63, 3.8) is 0 Å². The van der Waals surface area contributed by atoms with Crippen molar-refractivity contribution < 1.29 is 0 Å². The number of fused-ring (bicyclic) bond motifs is 1. The molecule has 14 heavy (non-hydrogen) atoms. The van der Waals surface area contributed by atoms with Gasteiger partial charge in [0.15, 0.2) is 0 Å². The van der Waals surface area contributed by atoms with E-state index in [1.165, 1.54) is 42.5 Å². The molecule has 1 N–H and O–H groups in total. The Morgan fingerprint density at radius 3 is 2.79 bits per heavy atom. The number of anilines is 1. The van der Waals surface area contributed by atoms with Crippen molar-refractivity contribution in [2.75, 3.05) is 18.0 Å². The van der Waals surface area contributed by atoms with Gasteiger partial charge in [-0.2, -0.15) is 0 Å². The van der Waals surface area contributed by atoms with Gasteiger partial charge in [0.2, 0.25) is 0 Å². The van der Waals surface area contributed by atoms with E-state index in [1.54, 1.807) is 0 Å². The van der Waals surface area contributed by atoms with E-state index in [9.17, 15) is 0 Å². The van der Waals surface area contributed by atoms with Crippen LogP contribution < -0.4 is 4.90 Å². The summed E-state index contributed by atoms with van der Waals surface area (Å²) in [5.74, 6) is 0. The van der Waals surface area contributed by atoms with Crippen LogP contribution >= 0.6 is 0 Å². The van der Waals surface area contributed by atoms with Crippen molar-refractivity contribution in [2.24, 2.45) is 0 Å². The van der Waals surface area contributed by atoms with Crippen molar-refractivity contribution in [3.8, 4) is 0 Å². The molecule has 0 radical (unpaired) electrons. The van der Waals surface area contributed by atoms with Crippen LogP contribution in [-0.2, 0) is 0 Å². The van der Waals surface area contributed by atoms with Gasteiger partial charge in [0.1, 0.15) is 0 Å². The molecule has 0 bridgehead atoms. The molecular weight excluding hydrogens is 172 g/mol. The Morgan fingerprint density at radius 2 is 1.93 bits per heavy atom. The Kier molecular flexibility index (Phi) is 1.72. The van der Waals surface area contributed by atoms with Crippen molar-refractivity contribution in [2.45, 2.75) is 12.8 Å². The third-order valence-corrected chi connectivity index (χ3v) is 3.02. The standard InChI is InChI=1S/C12H14N2/c1-2-9-14(8-1)12-5-3-4-11-10(12)6-7-13-11/h3-7,13H,1-2,8-9H2. The predicted molar refractivity (Wildman–Crippen MR) is 59.7 cm³/mol. The van der Waals surface area contributed by atoms with Crippen molar-refractivity contribution in [3.05, 3.63) is 30.5 Å². The minimum absolute atomic E-state index is 1.21. The molecule has 1 aliphatic rings. The molecule has 0 unspecified atom stereocenters. The molecule has 1 saturated heterocycles. The summed E-state index contributed by atoms with van der Waals surface area (Å²) in [6.45, 7) is 2.43. The predicted octanol–water partition coefficient (Wildman–Crippen LogP) is 2.77. The Bertz CT molecular complexity index is 438. The summed E-state index contributed by atoms with van der Waals surface area (Å²) in [4.78, 5) is 5.74. The van der Waals surface area contributed by atoms with Crippen molar-refractivity contribution >= 4 is 16.6 Å². The van der Waals surface area contributed by atoms with Crippen LogP contribution in [0.5, 0.6) is 0 Å². The number of nitrogens with zero attached hydrogens (tertiary/aromatic N) is 1. The lowest BCUT2D eigenvalue weighted by atomic mass is 10.2. The van der Waals surface area contributed by atoms with E-state index in [1.807, 2.05) is 6.20 Å². The van der Waals surface area contributed by atoms with Crippen LogP contribution in [0.3, 0.4) is 0 Å². The lowest BCUT2D eigenvalue weighted by Gasteiger charge is -2.18. The lowest BCUT2D eigenvalue weighted by Crippen LogP contribution is -2.17. The third kappa shape index (κ3) is 1.10. The molecule has 2 aromatic rings. The highest BCUT2D eigenvalue weighted by molar-refractivity contribution is 5.92. The average Bonchev–Trinajstić information content (AvgIpc) is 2.88. The summed E-state index contributed by atoms with van der Waals surface area (Å²) >= 11 is 0. The van der Waals surface area contributed by atoms with Gasteiger partial charge in [-0.05, 0) is 31.0 Å². The second-order valence-corrected chi connectivity index (χ2v) is 3.91. The van der Waals surface area contributed by atoms with Gasteiger partial charge < -0.3 is 9.88 Å². The van der Waals surface area contributed by atoms with Crippen LogP contribution in [0.4, 0.5) is 5.69 Å². The minimum Gasteiger partial charge on any atom is -0.371 e. The number of aromatic nitrogens is 1. The second-order valence-electron chi connectivity index (χ2n) is 3.91. The van der Waals surface area contributed by atoms with Gasteiger partial charge in [-0.15, -0.1) is 0 Å². The van der Waals surface area contributed by atoms with E-state index < -0.39 is 0 Å². The van der Waals surface area contributed by atoms with Gasteiger partial charge in [0.25, 0.3) is 0 Å². The summed E-state index contributed by atoms with van der Waals surface area (Å²) in [5, 5.41) is 1.36. The maximum Gasteiger partial charge on any atom is 0.0474 e. The molecule has 0 atom stereocenters. The van der Waals surface area contributed by atoms with E-state index in [4.69, 9.17) is 0 Å². The SMILES string of the molecule is c1cc(N2CCCC2)c2cc[nH]c2c1. The van der Waals surface area contributed by atoms with Crippen LogP contribution in [0.1, 0.15) is 12.8 Å². The Balaban J connectivity index is 2.14. The Morgan fingerprint density at radius 1 is 1.07 bits per heavy atom. The van der Waals surface area contributed by atoms with Crippen LogP contribution in [0.2, 0.25) is 0 Å². The highest BCUT2D eigenvalue weighted by Crippen LogP contribution is 2.28. The zero-order valence-corrected chi connectivity index (χ0v) is 8.16. The molecule has 2 heteroatoms. The van der Waals surface area contributed by atoms with Crippen LogP contribution in [0, 0.1) is 0 Å². The number of aromatic amines is 1. The molecule has 0 aliphatic carbocycles. The average molecular weight is 186 g/mol. The monoisotopic (exact) mass is 186 g/mol. The van der Waals surface area contributed by atoms with E-state index in [2.05, 4.69) is 34.1 Å². The number of hydrogen-bond donors (Lipinski definition) is 1. The fourth-order valence-electron chi connectivity index (χ4n) is 2.30. The van der Waals surface area contributed by atoms with Gasteiger partial charge in [-0.1, -0.05) is 6.07 Å². The maximum absolute atomic E-state index is 3.26. The van der Waals surface area contributed by atoms with Gasteiger partial charge in [-0.25, -0.2) is 0 Å². The van der Waals surface area contributed by atoms with E-state index in [0.29, 0.717) is 0 Å². The maximum atomic E-state index is 3.26. The summed E-state index contributed by atoms with van der Waals surface area (Å²) in [6, 6.07) is 8.66. The summed E-state index contributed by atoms with van der Waals surface area (Å²) in [7, 11) is 0. The topological polar surface area (TPSA) is 19.0 Å². The fraction of sp³-hybridized carbons (Fsp3) is 0.333. The summed E-state index contributed by atoms with van der Waals surface area (Å²) in [6.07, 6.45) is 4.69. The van der Waals surface area contributed by atoms with Gasteiger partial charge >= 0.3 is 0 Å². The highest BCUT2D eigenvalue weighted by Gasteiger charge is 2.14. The summed E-state index contributed by atoms with van der Waals surface area (Å²) in [5.41, 5.74) is 2.63. The van der Waals surface area contributed by atoms with Crippen molar-refractivity contribution in [1.29, 1.82) is 0 Å². The zero-order chi connectivity index (χ0) is 9.38. The molecule has 1 aromatic carbocycles. The summed E-state index contributed by atoms with van der Waals surface area (Å²) < 4.78 is 0. The number of H-pyrrole nitrogens is 1. The molecule has 2 heterocycles. The minimum atomic E-state index is 1.21. The van der Waals surface area contributed by atoms with Crippen LogP contribution in [-0.4, -0.2) is 18.1 Å². The molecule has 1 aliphatic heterocycles. The molecule has 2 nitrogen and oxygen atoms in total. The van der Waals surface area contributed by atoms with Gasteiger partial charge in [-0.3, -0.25) is 0 Å².